The molecule has 1 aromatic carbocycles. The number of aromatic nitrogens is 1. The number of hydrogen-bond donors (Lipinski definition) is 1. The van der Waals surface area contributed by atoms with Crippen LogP contribution in [0.5, 0.6) is 10.8 Å². The number of thiazole rings is 1. The van der Waals surface area contributed by atoms with Gasteiger partial charge in [-0.2, -0.15) is 0 Å². The molecule has 6 nitrogen and oxygen atoms in total. The van der Waals surface area contributed by atoms with E-state index < -0.39 is 4.92 Å². The van der Waals surface area contributed by atoms with Gasteiger partial charge in [0.15, 0.2) is 5.13 Å². The van der Waals surface area contributed by atoms with E-state index in [9.17, 15) is 10.1 Å². The highest BCUT2D eigenvalue weighted by Crippen LogP contribution is 2.34. The second-order valence-corrected chi connectivity index (χ2v) is 4.81. The number of aryl methyl sites for hydroxylation is 2. The van der Waals surface area contributed by atoms with Crippen molar-refractivity contribution in [2.75, 3.05) is 5.73 Å². The minimum Gasteiger partial charge on any atom is -0.444 e. The maximum atomic E-state index is 10.7. The van der Waals surface area contributed by atoms with E-state index in [1.54, 1.807) is 13.8 Å². The number of nitrogen functional groups attached to an aromatic ring is 1. The third-order valence-corrected chi connectivity index (χ3v) is 3.07. The van der Waals surface area contributed by atoms with Crippen LogP contribution in [0.1, 0.15) is 11.1 Å². The Morgan fingerprint density at radius 1 is 1.39 bits per heavy atom. The normalized spacial score (nSPS) is 10.3. The largest absolute Gasteiger partial charge is 0.444 e. The lowest BCUT2D eigenvalue weighted by atomic mass is 10.1. The van der Waals surface area contributed by atoms with Gasteiger partial charge in [-0.1, -0.05) is 11.3 Å². The van der Waals surface area contributed by atoms with Gasteiger partial charge in [0.05, 0.1) is 11.1 Å². The summed E-state index contributed by atoms with van der Waals surface area (Å²) in [4.78, 5) is 14.2. The summed E-state index contributed by atoms with van der Waals surface area (Å²) in [6.07, 6.45) is 1.53. The molecular weight excluding hydrogens is 254 g/mol. The zero-order valence-corrected chi connectivity index (χ0v) is 10.7. The van der Waals surface area contributed by atoms with Crippen molar-refractivity contribution in [2.24, 2.45) is 0 Å². The van der Waals surface area contributed by atoms with E-state index >= 15 is 0 Å². The number of nitro benzene ring substituents is 1. The number of hydrogen-bond acceptors (Lipinski definition) is 6. The molecule has 0 spiro atoms. The molecule has 1 heterocycles. The summed E-state index contributed by atoms with van der Waals surface area (Å²) < 4.78 is 5.65. The molecule has 0 aliphatic carbocycles. The second kappa shape index (κ2) is 4.61. The first kappa shape index (κ1) is 12.3. The minimum absolute atomic E-state index is 0.0566. The number of nitrogens with two attached hydrogens (primary N) is 1. The third kappa shape index (κ3) is 2.40. The van der Waals surface area contributed by atoms with Crippen LogP contribution in [0.3, 0.4) is 0 Å². The molecule has 0 radical (unpaired) electrons. The van der Waals surface area contributed by atoms with Gasteiger partial charge >= 0.3 is 0 Å². The van der Waals surface area contributed by atoms with Gasteiger partial charge in [-0.25, -0.2) is 4.98 Å². The predicted molar refractivity (Wildman–Crippen MR) is 69.2 cm³/mol. The summed E-state index contributed by atoms with van der Waals surface area (Å²) in [5.74, 6) is 0.601. The molecular formula is C11H11N3O3S. The molecule has 0 amide bonds. The lowest BCUT2D eigenvalue weighted by Gasteiger charge is -2.09. The molecule has 0 atom stereocenters. The quantitative estimate of drug-likeness (QED) is 0.680. The van der Waals surface area contributed by atoms with E-state index in [2.05, 4.69) is 4.98 Å². The lowest BCUT2D eigenvalue weighted by molar-refractivity contribution is -0.385. The van der Waals surface area contributed by atoms with Crippen LogP contribution in [-0.2, 0) is 0 Å². The Kier molecular flexibility index (Phi) is 3.15. The van der Waals surface area contributed by atoms with Crippen molar-refractivity contribution in [2.45, 2.75) is 13.8 Å². The maximum absolute atomic E-state index is 10.7. The summed E-state index contributed by atoms with van der Waals surface area (Å²) in [6, 6.07) is 2.96. The average Bonchev–Trinajstić information content (AvgIpc) is 2.69. The lowest BCUT2D eigenvalue weighted by Crippen LogP contribution is -1.94. The van der Waals surface area contributed by atoms with Crippen molar-refractivity contribution < 1.29 is 9.66 Å². The first-order valence-corrected chi connectivity index (χ1v) is 5.94. The van der Waals surface area contributed by atoms with Crippen molar-refractivity contribution in [1.29, 1.82) is 0 Å². The van der Waals surface area contributed by atoms with Crippen LogP contribution < -0.4 is 10.5 Å². The molecule has 0 bridgehead atoms. The van der Waals surface area contributed by atoms with Gasteiger partial charge in [0.1, 0.15) is 5.75 Å². The van der Waals surface area contributed by atoms with Crippen molar-refractivity contribution in [3.63, 3.8) is 0 Å². The van der Waals surface area contributed by atoms with Crippen LogP contribution in [0.4, 0.5) is 10.8 Å². The van der Waals surface area contributed by atoms with Crippen LogP contribution in [0.15, 0.2) is 18.3 Å². The van der Waals surface area contributed by atoms with Crippen LogP contribution in [-0.4, -0.2) is 9.91 Å². The zero-order valence-electron chi connectivity index (χ0n) is 9.84. The van der Waals surface area contributed by atoms with E-state index in [1.807, 2.05) is 0 Å². The highest BCUT2D eigenvalue weighted by molar-refractivity contribution is 7.17. The molecule has 18 heavy (non-hydrogen) atoms. The molecule has 94 valence electrons. The molecule has 7 heteroatoms. The van der Waals surface area contributed by atoms with E-state index in [4.69, 9.17) is 10.5 Å². The van der Waals surface area contributed by atoms with Gasteiger partial charge in [-0.05, 0) is 25.0 Å². The summed E-state index contributed by atoms with van der Waals surface area (Å²) >= 11 is 1.22. The van der Waals surface area contributed by atoms with Crippen LogP contribution >= 0.6 is 11.3 Å². The van der Waals surface area contributed by atoms with Crippen molar-refractivity contribution in [1.82, 2.24) is 4.98 Å². The fourth-order valence-corrected chi connectivity index (χ4v) is 2.16. The molecule has 2 N–H and O–H groups in total. The van der Waals surface area contributed by atoms with Crippen LogP contribution in [0.25, 0.3) is 0 Å². The van der Waals surface area contributed by atoms with Crippen LogP contribution in [0, 0.1) is 24.0 Å². The first-order chi connectivity index (χ1) is 8.47. The molecule has 0 aliphatic heterocycles. The number of benzene rings is 1. The Hall–Kier alpha value is -2.15. The molecule has 0 saturated carbocycles. The number of nitro groups is 1. The zero-order chi connectivity index (χ0) is 13.3. The van der Waals surface area contributed by atoms with Crippen molar-refractivity contribution in [3.8, 4) is 10.8 Å². The third-order valence-electron chi connectivity index (χ3n) is 2.36. The van der Waals surface area contributed by atoms with Crippen molar-refractivity contribution in [3.05, 3.63) is 39.6 Å². The first-order valence-electron chi connectivity index (χ1n) is 5.12. The molecule has 2 rings (SSSR count). The molecule has 2 aromatic rings. The summed E-state index contributed by atoms with van der Waals surface area (Å²) in [7, 11) is 0. The smallest absolute Gasteiger partial charge is 0.270 e. The fourth-order valence-electron chi connectivity index (χ4n) is 1.61. The number of nitrogens with zero attached hydrogens (tertiary/aromatic N) is 2. The number of rotatable bonds is 3. The monoisotopic (exact) mass is 265 g/mol. The molecule has 0 fully saturated rings. The number of non-ortho nitro benzene ring substituents is 1. The van der Waals surface area contributed by atoms with Gasteiger partial charge < -0.3 is 10.5 Å². The highest BCUT2D eigenvalue weighted by Gasteiger charge is 2.14. The summed E-state index contributed by atoms with van der Waals surface area (Å²) in [6.45, 7) is 3.53. The van der Waals surface area contributed by atoms with Gasteiger partial charge in [0, 0.05) is 12.1 Å². The SMILES string of the molecule is Cc1cc([N+](=O)[O-])cc(C)c1Oc1cnc(N)s1. The Morgan fingerprint density at radius 3 is 2.44 bits per heavy atom. The van der Waals surface area contributed by atoms with Crippen molar-refractivity contribution >= 4 is 22.2 Å². The van der Waals surface area contributed by atoms with E-state index in [-0.39, 0.29) is 5.69 Å². The Bertz CT molecular complexity index is 586. The van der Waals surface area contributed by atoms with Gasteiger partial charge in [-0.3, -0.25) is 10.1 Å². The number of anilines is 1. The maximum Gasteiger partial charge on any atom is 0.270 e. The van der Waals surface area contributed by atoms with E-state index in [0.717, 1.165) is 0 Å². The molecule has 0 unspecified atom stereocenters. The average molecular weight is 265 g/mol. The molecule has 0 aliphatic rings. The van der Waals surface area contributed by atoms with Gasteiger partial charge in [0.2, 0.25) is 5.06 Å². The highest BCUT2D eigenvalue weighted by atomic mass is 32.1. The Labute approximate surface area is 107 Å². The fraction of sp³-hybridized carbons (Fsp3) is 0.182. The summed E-state index contributed by atoms with van der Waals surface area (Å²) in [5.41, 5.74) is 6.97. The Morgan fingerprint density at radius 2 is 2.00 bits per heavy atom. The summed E-state index contributed by atoms with van der Waals surface area (Å²) in [5, 5.41) is 11.7. The topological polar surface area (TPSA) is 91.3 Å². The minimum atomic E-state index is -0.422. The molecule has 1 aromatic heterocycles. The predicted octanol–water partition coefficient (Wildman–Crippen LogP) is 3.04. The second-order valence-electron chi connectivity index (χ2n) is 3.79. The van der Waals surface area contributed by atoms with E-state index in [0.29, 0.717) is 27.1 Å². The van der Waals surface area contributed by atoms with E-state index in [1.165, 1.54) is 29.7 Å². The van der Waals surface area contributed by atoms with Crippen LogP contribution in [0.2, 0.25) is 0 Å². The standard InChI is InChI=1S/C11H11N3O3S/c1-6-3-8(14(15)16)4-7(2)10(6)17-9-5-13-11(12)18-9/h3-5H,1-2H3,(H2,12,13). The molecule has 0 saturated heterocycles. The Balaban J connectivity index is 2.37. The number of ether oxygens (including phenoxy) is 1. The van der Waals surface area contributed by atoms with Gasteiger partial charge in [-0.15, -0.1) is 0 Å². The van der Waals surface area contributed by atoms with Gasteiger partial charge in [0.25, 0.3) is 5.69 Å².